The summed E-state index contributed by atoms with van der Waals surface area (Å²) in [5, 5.41) is 20.8. The predicted octanol–water partition coefficient (Wildman–Crippen LogP) is 3.68. The molecule has 6 nitrogen and oxygen atoms in total. The van der Waals surface area contributed by atoms with E-state index in [2.05, 4.69) is 25.0 Å². The van der Waals surface area contributed by atoms with Gasteiger partial charge in [-0.15, -0.1) is 0 Å². The number of thiazole rings is 1. The van der Waals surface area contributed by atoms with Crippen LogP contribution in [0.25, 0.3) is 5.57 Å². The van der Waals surface area contributed by atoms with Crippen molar-refractivity contribution in [3.05, 3.63) is 73.6 Å². The van der Waals surface area contributed by atoms with E-state index in [0.717, 1.165) is 37.8 Å². The zero-order chi connectivity index (χ0) is 24.7. The van der Waals surface area contributed by atoms with Gasteiger partial charge in [0.1, 0.15) is 0 Å². The zero-order valence-electron chi connectivity index (χ0n) is 18.7. The molecule has 1 aromatic heterocycles. The molecule has 0 aliphatic carbocycles. The molecule has 0 bridgehead atoms. The maximum absolute atomic E-state index is 13.9. The molecule has 1 N–H and O–H groups in total. The molecule has 35 heavy (non-hydrogen) atoms. The van der Waals surface area contributed by atoms with E-state index < -0.39 is 11.7 Å². The Balaban J connectivity index is 1.65. The van der Waals surface area contributed by atoms with E-state index in [-0.39, 0.29) is 22.9 Å². The third-order valence-corrected chi connectivity index (χ3v) is 7.53. The van der Waals surface area contributed by atoms with Gasteiger partial charge in [-0.2, -0.15) is 28.4 Å². The molecule has 5 rings (SSSR count). The van der Waals surface area contributed by atoms with Gasteiger partial charge in [-0.3, -0.25) is 0 Å². The minimum absolute atomic E-state index is 0.0102. The van der Waals surface area contributed by atoms with Crippen molar-refractivity contribution in [3.63, 3.8) is 0 Å². The fraction of sp³-hybridized carbons (Fsp3) is 0.292. The summed E-state index contributed by atoms with van der Waals surface area (Å²) in [5.74, 6) is -0.194. The van der Waals surface area contributed by atoms with E-state index in [0.29, 0.717) is 26.2 Å². The summed E-state index contributed by atoms with van der Waals surface area (Å²) in [6.45, 7) is 3.23. The van der Waals surface area contributed by atoms with Crippen molar-refractivity contribution in [1.29, 1.82) is 0 Å². The monoisotopic (exact) mass is 519 g/mol. The molecule has 3 heterocycles. The number of hydrogen-bond donors (Lipinski definition) is 1. The summed E-state index contributed by atoms with van der Waals surface area (Å²) in [5.41, 5.74) is 0.556. The number of likely N-dealkylation sites (N-methyl/N-ethyl adjacent to an activating group) is 1. The number of rotatable bonds is 4. The minimum atomic E-state index is -4.57. The molecule has 2 aliphatic rings. The number of benzene rings is 2. The molecule has 11 heteroatoms. The molecule has 2 aromatic carbocycles. The van der Waals surface area contributed by atoms with Crippen LogP contribution in [0.3, 0.4) is 0 Å². The fourth-order valence-electron chi connectivity index (χ4n) is 4.19. The van der Waals surface area contributed by atoms with Crippen molar-refractivity contribution >= 4 is 39.9 Å². The van der Waals surface area contributed by atoms with Crippen LogP contribution in [0.2, 0.25) is 5.02 Å². The van der Waals surface area contributed by atoms with Gasteiger partial charge in [0.05, 0.1) is 22.0 Å². The van der Waals surface area contributed by atoms with Crippen molar-refractivity contribution in [2.24, 2.45) is 10.2 Å². The Morgan fingerprint density at radius 3 is 2.63 bits per heavy atom. The van der Waals surface area contributed by atoms with Gasteiger partial charge in [0, 0.05) is 43.2 Å². The number of hydrogen-bond acceptors (Lipinski definition) is 7. The number of nitrogens with zero attached hydrogens (tertiary/aromatic N) is 5. The van der Waals surface area contributed by atoms with E-state index in [1.807, 2.05) is 13.1 Å². The molecule has 0 atom stereocenters. The van der Waals surface area contributed by atoms with Crippen LogP contribution in [-0.2, 0) is 12.6 Å². The number of aromatic hydroxyl groups is 1. The summed E-state index contributed by atoms with van der Waals surface area (Å²) in [6.07, 6.45) is -3.05. The van der Waals surface area contributed by atoms with Crippen molar-refractivity contribution in [1.82, 2.24) is 9.88 Å². The first kappa shape index (κ1) is 23.8. The zero-order valence-corrected chi connectivity index (χ0v) is 20.3. The van der Waals surface area contributed by atoms with Crippen molar-refractivity contribution in [2.75, 3.05) is 38.1 Å². The van der Waals surface area contributed by atoms with Gasteiger partial charge in [0.2, 0.25) is 5.88 Å². The van der Waals surface area contributed by atoms with Crippen LogP contribution >= 0.6 is 22.9 Å². The standard InChI is InChI=1S/C24H21ClF3N5OS/c1-32-6-8-33(9-7-32)23-30-22(34)21(35-23)18(14-3-5-20-16(10-14)13-29-31-20)11-15-2-4-17(25)12-19(15)24(26,27)28/h2-5,10,12-13,34H,6-9,11H2,1H3. The molecule has 3 aromatic rings. The number of alkyl halides is 3. The van der Waals surface area contributed by atoms with Crippen LogP contribution in [0.15, 0.2) is 46.6 Å². The maximum atomic E-state index is 13.9. The lowest BCUT2D eigenvalue weighted by Gasteiger charge is -2.31. The summed E-state index contributed by atoms with van der Waals surface area (Å²) >= 11 is 7.18. The highest BCUT2D eigenvalue weighted by molar-refractivity contribution is 7.17. The summed E-state index contributed by atoms with van der Waals surface area (Å²) in [7, 11) is 2.04. The van der Waals surface area contributed by atoms with E-state index in [1.165, 1.54) is 23.5 Å². The van der Waals surface area contributed by atoms with Crippen molar-refractivity contribution in [3.8, 4) is 5.88 Å². The summed E-state index contributed by atoms with van der Waals surface area (Å²) in [6, 6.07) is 9.14. The number of fused-ring (bicyclic) bond motifs is 1. The number of halogens is 4. The second-order valence-corrected chi connectivity index (χ2v) is 9.93. The molecule has 0 saturated carbocycles. The smallest absolute Gasteiger partial charge is 0.416 e. The Morgan fingerprint density at radius 2 is 1.89 bits per heavy atom. The highest BCUT2D eigenvalue weighted by Crippen LogP contribution is 2.39. The molecule has 1 fully saturated rings. The van der Waals surface area contributed by atoms with Crippen LogP contribution in [0, 0.1) is 0 Å². The topological polar surface area (TPSA) is 64.3 Å². The lowest BCUT2D eigenvalue weighted by molar-refractivity contribution is -0.138. The highest BCUT2D eigenvalue weighted by Gasteiger charge is 2.34. The third-order valence-electron chi connectivity index (χ3n) is 6.13. The van der Waals surface area contributed by atoms with Gasteiger partial charge < -0.3 is 14.9 Å². The van der Waals surface area contributed by atoms with Crippen molar-refractivity contribution < 1.29 is 18.3 Å². The Labute approximate surface area is 208 Å². The van der Waals surface area contributed by atoms with Crippen LogP contribution in [0.1, 0.15) is 21.6 Å². The van der Waals surface area contributed by atoms with Gasteiger partial charge in [-0.25, -0.2) is 0 Å². The van der Waals surface area contributed by atoms with Gasteiger partial charge in [0.15, 0.2) is 5.13 Å². The Morgan fingerprint density at radius 1 is 1.11 bits per heavy atom. The van der Waals surface area contributed by atoms with E-state index in [9.17, 15) is 18.3 Å². The molecule has 0 radical (unpaired) electrons. The lowest BCUT2D eigenvalue weighted by Crippen LogP contribution is -2.44. The van der Waals surface area contributed by atoms with Crippen molar-refractivity contribution in [2.45, 2.75) is 12.6 Å². The summed E-state index contributed by atoms with van der Waals surface area (Å²) in [4.78, 5) is 9.11. The molecular weight excluding hydrogens is 499 g/mol. The predicted molar refractivity (Wildman–Crippen MR) is 131 cm³/mol. The van der Waals surface area contributed by atoms with Crippen LogP contribution < -0.4 is 15.5 Å². The minimum Gasteiger partial charge on any atom is -0.492 e. The molecule has 0 unspecified atom stereocenters. The molecule has 1 saturated heterocycles. The van der Waals surface area contributed by atoms with Gasteiger partial charge >= 0.3 is 6.18 Å². The quantitative estimate of drug-likeness (QED) is 0.571. The third kappa shape index (κ3) is 4.91. The fourth-order valence-corrected chi connectivity index (χ4v) is 5.44. The SMILES string of the molecule is CN1CCN(c2nc(O)c(C(Cc3ccc(Cl)cc3C(F)(F)F)=c3ccc4c(c3)C=NN=4)s2)CC1. The van der Waals surface area contributed by atoms with Gasteiger partial charge in [-0.05, 0) is 47.7 Å². The van der Waals surface area contributed by atoms with Crippen LogP contribution in [0.5, 0.6) is 5.88 Å². The molecule has 2 aliphatic heterocycles. The van der Waals surface area contributed by atoms with E-state index >= 15 is 0 Å². The molecular formula is C24H21ClF3N5OS. The average Bonchev–Trinajstić information content (AvgIpc) is 3.44. The Kier molecular flexibility index (Phi) is 6.29. The van der Waals surface area contributed by atoms with Crippen LogP contribution in [0.4, 0.5) is 18.3 Å². The molecule has 0 amide bonds. The maximum Gasteiger partial charge on any atom is 0.416 e. The van der Waals surface area contributed by atoms with Crippen LogP contribution in [-0.4, -0.2) is 54.4 Å². The average molecular weight is 520 g/mol. The Hall–Kier alpha value is -2.95. The summed E-state index contributed by atoms with van der Waals surface area (Å²) < 4.78 is 41.6. The van der Waals surface area contributed by atoms with E-state index in [1.54, 1.807) is 18.3 Å². The van der Waals surface area contributed by atoms with Gasteiger partial charge in [0.25, 0.3) is 0 Å². The number of piperazine rings is 1. The normalized spacial score (nSPS) is 16.9. The molecule has 0 spiro atoms. The first-order valence-corrected chi connectivity index (χ1v) is 12.1. The number of anilines is 1. The van der Waals surface area contributed by atoms with E-state index in [4.69, 9.17) is 11.6 Å². The first-order chi connectivity index (χ1) is 16.7. The number of aromatic nitrogens is 1. The largest absolute Gasteiger partial charge is 0.492 e. The highest BCUT2D eigenvalue weighted by atomic mass is 35.5. The molecule has 182 valence electrons. The second kappa shape index (κ2) is 9.25. The van der Waals surface area contributed by atoms with Gasteiger partial charge in [-0.1, -0.05) is 35.1 Å². The second-order valence-electron chi connectivity index (χ2n) is 8.51. The Bertz CT molecular complexity index is 1430. The lowest BCUT2D eigenvalue weighted by atomic mass is 9.96. The first-order valence-electron chi connectivity index (χ1n) is 10.9.